The highest BCUT2D eigenvalue weighted by Crippen LogP contribution is 2.30. The van der Waals surface area contributed by atoms with Crippen molar-refractivity contribution in [1.82, 2.24) is 15.0 Å². The van der Waals surface area contributed by atoms with Gasteiger partial charge in [0.15, 0.2) is 12.4 Å². The number of anilines is 3. The topological polar surface area (TPSA) is 112 Å². The van der Waals surface area contributed by atoms with Gasteiger partial charge in [0.25, 0.3) is 0 Å². The van der Waals surface area contributed by atoms with Crippen LogP contribution >= 0.6 is 11.6 Å². The van der Waals surface area contributed by atoms with Crippen LogP contribution in [0.15, 0.2) is 48.5 Å². The van der Waals surface area contributed by atoms with E-state index in [0.29, 0.717) is 11.4 Å². The van der Waals surface area contributed by atoms with Crippen LogP contribution in [-0.4, -0.2) is 27.5 Å². The lowest BCUT2D eigenvalue weighted by atomic mass is 9.97. The number of esters is 1. The van der Waals surface area contributed by atoms with Gasteiger partial charge in [-0.2, -0.15) is 15.0 Å². The Labute approximate surface area is 172 Å². The molecule has 29 heavy (non-hydrogen) atoms. The van der Waals surface area contributed by atoms with E-state index in [4.69, 9.17) is 26.8 Å². The monoisotopic (exact) mass is 411 g/mol. The molecule has 2 heterocycles. The normalized spacial score (nSPS) is 15.1. The fourth-order valence-electron chi connectivity index (χ4n) is 2.98. The highest BCUT2D eigenvalue weighted by atomic mass is 35.5. The molecule has 0 aliphatic carbocycles. The van der Waals surface area contributed by atoms with E-state index in [-0.39, 0.29) is 30.9 Å². The Bertz CT molecular complexity index is 1030. The second kappa shape index (κ2) is 8.32. The molecule has 0 saturated heterocycles. The van der Waals surface area contributed by atoms with E-state index in [9.17, 15) is 4.79 Å². The summed E-state index contributed by atoms with van der Waals surface area (Å²) >= 11 is 6.02. The Morgan fingerprint density at radius 2 is 2.03 bits per heavy atom. The molecule has 3 aromatic rings. The maximum absolute atomic E-state index is 12.5. The third-order valence-corrected chi connectivity index (χ3v) is 4.57. The van der Waals surface area contributed by atoms with Crippen molar-refractivity contribution in [3.8, 4) is 5.75 Å². The summed E-state index contributed by atoms with van der Waals surface area (Å²) in [6.45, 7) is 0.127. The SMILES string of the molecule is Nc1nc(COC(=O)[C@H]2COc3ccc(Cl)cc3C2)nc(Nc2ccccc2)n1. The Morgan fingerprint density at radius 1 is 1.21 bits per heavy atom. The molecule has 3 N–H and O–H groups in total. The first-order valence-corrected chi connectivity index (χ1v) is 9.35. The zero-order valence-corrected chi connectivity index (χ0v) is 16.1. The minimum Gasteiger partial charge on any atom is -0.492 e. The smallest absolute Gasteiger partial charge is 0.313 e. The Kier molecular flexibility index (Phi) is 5.44. The number of aromatic nitrogens is 3. The number of fused-ring (bicyclic) bond motifs is 1. The van der Waals surface area contributed by atoms with Crippen molar-refractivity contribution in [2.45, 2.75) is 13.0 Å². The summed E-state index contributed by atoms with van der Waals surface area (Å²) in [4.78, 5) is 24.8. The second-order valence-corrected chi connectivity index (χ2v) is 6.93. The van der Waals surface area contributed by atoms with Crippen LogP contribution in [0.3, 0.4) is 0 Å². The summed E-state index contributed by atoms with van der Waals surface area (Å²) in [6.07, 6.45) is 0.495. The van der Waals surface area contributed by atoms with Gasteiger partial charge in [-0.3, -0.25) is 4.79 Å². The summed E-state index contributed by atoms with van der Waals surface area (Å²) in [5.41, 5.74) is 7.44. The van der Waals surface area contributed by atoms with E-state index in [2.05, 4.69) is 20.3 Å². The van der Waals surface area contributed by atoms with Crippen molar-refractivity contribution in [3.63, 3.8) is 0 Å². The van der Waals surface area contributed by atoms with E-state index in [1.807, 2.05) is 30.3 Å². The Morgan fingerprint density at radius 3 is 2.86 bits per heavy atom. The first-order valence-electron chi connectivity index (χ1n) is 8.97. The van der Waals surface area contributed by atoms with Crippen LogP contribution in [-0.2, 0) is 22.6 Å². The average molecular weight is 412 g/mol. The molecule has 0 saturated carbocycles. The van der Waals surface area contributed by atoms with Crippen LogP contribution in [0.2, 0.25) is 5.02 Å². The quantitative estimate of drug-likeness (QED) is 0.616. The van der Waals surface area contributed by atoms with Crippen LogP contribution in [0.4, 0.5) is 17.6 Å². The lowest BCUT2D eigenvalue weighted by molar-refractivity contribution is -0.151. The fourth-order valence-corrected chi connectivity index (χ4v) is 3.17. The number of nitrogens with zero attached hydrogens (tertiary/aromatic N) is 3. The lowest BCUT2D eigenvalue weighted by Crippen LogP contribution is -2.29. The maximum Gasteiger partial charge on any atom is 0.313 e. The van der Waals surface area contributed by atoms with Crippen molar-refractivity contribution in [2.75, 3.05) is 17.7 Å². The number of nitrogens with one attached hydrogen (secondary N) is 1. The molecule has 1 aromatic heterocycles. The standard InChI is InChI=1S/C20H18ClN5O3/c21-14-6-7-16-12(9-14)8-13(10-28-16)18(27)29-11-17-24-19(22)26-20(25-17)23-15-4-2-1-3-5-15/h1-7,9,13H,8,10-11H2,(H3,22,23,24,25,26)/t13-/m1/s1. The predicted molar refractivity (Wildman–Crippen MR) is 108 cm³/mol. The number of halogens is 1. The maximum atomic E-state index is 12.5. The highest BCUT2D eigenvalue weighted by Gasteiger charge is 2.27. The van der Waals surface area contributed by atoms with E-state index in [1.54, 1.807) is 18.2 Å². The lowest BCUT2D eigenvalue weighted by Gasteiger charge is -2.24. The molecule has 0 unspecified atom stereocenters. The zero-order valence-electron chi connectivity index (χ0n) is 15.3. The summed E-state index contributed by atoms with van der Waals surface area (Å²) < 4.78 is 11.0. The Balaban J connectivity index is 1.39. The third kappa shape index (κ3) is 4.72. The van der Waals surface area contributed by atoms with E-state index in [0.717, 1.165) is 17.0 Å². The number of hydrogen-bond acceptors (Lipinski definition) is 8. The molecule has 9 heteroatoms. The van der Waals surface area contributed by atoms with Crippen LogP contribution in [0.5, 0.6) is 5.75 Å². The van der Waals surface area contributed by atoms with Crippen LogP contribution in [0.1, 0.15) is 11.4 Å². The molecule has 0 spiro atoms. The number of nitrogens with two attached hydrogens (primary N) is 1. The molecule has 148 valence electrons. The van der Waals surface area contributed by atoms with Gasteiger partial charge in [-0.1, -0.05) is 29.8 Å². The van der Waals surface area contributed by atoms with E-state index in [1.165, 1.54) is 0 Å². The van der Waals surface area contributed by atoms with Crippen LogP contribution in [0, 0.1) is 5.92 Å². The zero-order chi connectivity index (χ0) is 20.2. The first kappa shape index (κ1) is 18.9. The molecule has 1 aliphatic heterocycles. The molecule has 8 nitrogen and oxygen atoms in total. The van der Waals surface area contributed by atoms with Crippen molar-refractivity contribution in [1.29, 1.82) is 0 Å². The number of carbonyl (C=O) groups is 1. The summed E-state index contributed by atoms with van der Waals surface area (Å²) in [5, 5.41) is 3.63. The van der Waals surface area contributed by atoms with Crippen molar-refractivity contribution in [2.24, 2.45) is 5.92 Å². The highest BCUT2D eigenvalue weighted by molar-refractivity contribution is 6.30. The minimum absolute atomic E-state index is 0.0362. The van der Waals surface area contributed by atoms with Gasteiger partial charge in [-0.05, 0) is 42.3 Å². The molecule has 1 atom stereocenters. The van der Waals surface area contributed by atoms with Crippen molar-refractivity contribution in [3.05, 3.63) is 64.9 Å². The number of nitrogen functional groups attached to an aromatic ring is 1. The van der Waals surface area contributed by atoms with Crippen LogP contribution < -0.4 is 15.8 Å². The Hall–Kier alpha value is -3.39. The minimum atomic E-state index is -0.429. The van der Waals surface area contributed by atoms with Crippen molar-refractivity contribution < 1.29 is 14.3 Å². The number of para-hydroxylation sites is 1. The van der Waals surface area contributed by atoms with Gasteiger partial charge in [-0.25, -0.2) is 0 Å². The number of benzene rings is 2. The largest absolute Gasteiger partial charge is 0.492 e. The van der Waals surface area contributed by atoms with E-state index < -0.39 is 11.9 Å². The molecule has 0 bridgehead atoms. The molecular weight excluding hydrogens is 394 g/mol. The van der Waals surface area contributed by atoms with Crippen LogP contribution in [0.25, 0.3) is 0 Å². The number of hydrogen-bond donors (Lipinski definition) is 2. The number of ether oxygens (including phenoxy) is 2. The first-order chi connectivity index (χ1) is 14.1. The van der Waals surface area contributed by atoms with Gasteiger partial charge >= 0.3 is 5.97 Å². The van der Waals surface area contributed by atoms with Gasteiger partial charge in [0.05, 0.1) is 5.92 Å². The van der Waals surface area contributed by atoms with Crippen molar-refractivity contribution >= 4 is 35.2 Å². The third-order valence-electron chi connectivity index (χ3n) is 4.33. The average Bonchev–Trinajstić information content (AvgIpc) is 2.72. The summed E-state index contributed by atoms with van der Waals surface area (Å²) in [6, 6.07) is 14.8. The van der Waals surface area contributed by atoms with Gasteiger partial charge in [0.1, 0.15) is 12.4 Å². The summed E-state index contributed by atoms with van der Waals surface area (Å²) in [5.74, 6) is 0.479. The predicted octanol–water partition coefficient (Wildman–Crippen LogP) is 3.15. The van der Waals surface area contributed by atoms with E-state index >= 15 is 0 Å². The van der Waals surface area contributed by atoms with Gasteiger partial charge in [0.2, 0.25) is 11.9 Å². The molecule has 0 fully saturated rings. The molecule has 0 radical (unpaired) electrons. The molecule has 4 rings (SSSR count). The second-order valence-electron chi connectivity index (χ2n) is 6.50. The fraction of sp³-hybridized carbons (Fsp3) is 0.200. The molecule has 0 amide bonds. The van der Waals surface area contributed by atoms with Gasteiger partial charge in [-0.15, -0.1) is 0 Å². The van der Waals surface area contributed by atoms with Gasteiger partial charge < -0.3 is 20.5 Å². The molecule has 1 aliphatic rings. The summed E-state index contributed by atoms with van der Waals surface area (Å²) in [7, 11) is 0. The molecular formula is C20H18ClN5O3. The number of rotatable bonds is 5. The number of carbonyl (C=O) groups excluding carboxylic acids is 1. The molecule has 2 aromatic carbocycles. The van der Waals surface area contributed by atoms with Gasteiger partial charge in [0, 0.05) is 10.7 Å².